The average molecular weight is 367 g/mol. The molecule has 0 atom stereocenters. The number of aromatic nitrogens is 1. The van der Waals surface area contributed by atoms with Gasteiger partial charge in [-0.25, -0.2) is 4.98 Å². The van der Waals surface area contributed by atoms with Crippen molar-refractivity contribution in [3.8, 4) is 6.07 Å². The van der Waals surface area contributed by atoms with Crippen LogP contribution in [-0.4, -0.2) is 10.9 Å². The summed E-state index contributed by atoms with van der Waals surface area (Å²) in [5, 5.41) is 12.1. The van der Waals surface area contributed by atoms with Crippen molar-refractivity contribution < 1.29 is 4.79 Å². The fourth-order valence-corrected chi connectivity index (χ4v) is 4.50. The monoisotopic (exact) mass is 367 g/mol. The van der Waals surface area contributed by atoms with Crippen LogP contribution in [0.2, 0.25) is 0 Å². The molecule has 1 aromatic heterocycles. The second-order valence-electron chi connectivity index (χ2n) is 5.52. The van der Waals surface area contributed by atoms with Gasteiger partial charge in [-0.3, -0.25) is 4.79 Å². The summed E-state index contributed by atoms with van der Waals surface area (Å²) in [7, 11) is 0. The Morgan fingerprint density at radius 3 is 2.96 bits per heavy atom. The molecule has 4 nitrogen and oxygen atoms in total. The summed E-state index contributed by atoms with van der Waals surface area (Å²) in [6.07, 6.45) is 1.36. The molecule has 0 unspecified atom stereocenters. The summed E-state index contributed by atoms with van der Waals surface area (Å²) >= 11 is 3.23. The van der Waals surface area contributed by atoms with Gasteiger partial charge in [0.2, 0.25) is 5.91 Å². The summed E-state index contributed by atoms with van der Waals surface area (Å²) in [6.45, 7) is 1.99. The first-order valence-corrected chi connectivity index (χ1v) is 9.81. The van der Waals surface area contributed by atoms with E-state index in [9.17, 15) is 4.79 Å². The Morgan fingerprint density at radius 2 is 2.16 bits per heavy atom. The number of carbonyl (C=O) groups excluding carboxylic acids is 1. The molecule has 0 fully saturated rings. The minimum Gasteiger partial charge on any atom is -0.326 e. The highest BCUT2D eigenvalue weighted by atomic mass is 32.2. The quantitative estimate of drug-likeness (QED) is 0.608. The van der Waals surface area contributed by atoms with Crippen LogP contribution < -0.4 is 5.32 Å². The molecule has 6 heteroatoms. The number of hydrogen-bond donors (Lipinski definition) is 1. The van der Waals surface area contributed by atoms with E-state index in [1.165, 1.54) is 0 Å². The summed E-state index contributed by atoms with van der Waals surface area (Å²) in [4.78, 5) is 16.3. The van der Waals surface area contributed by atoms with E-state index in [1.54, 1.807) is 23.1 Å². The van der Waals surface area contributed by atoms with Crippen LogP contribution in [0.3, 0.4) is 0 Å². The van der Waals surface area contributed by atoms with E-state index >= 15 is 0 Å². The number of nitriles is 1. The molecule has 0 spiro atoms. The first-order chi connectivity index (χ1) is 12.2. The number of benzene rings is 2. The highest BCUT2D eigenvalue weighted by molar-refractivity contribution is 8.00. The Labute approximate surface area is 154 Å². The van der Waals surface area contributed by atoms with Crippen LogP contribution >= 0.6 is 23.1 Å². The number of rotatable bonds is 6. The van der Waals surface area contributed by atoms with Crippen molar-refractivity contribution >= 4 is 44.9 Å². The van der Waals surface area contributed by atoms with E-state index < -0.39 is 0 Å². The van der Waals surface area contributed by atoms with Gasteiger partial charge < -0.3 is 5.32 Å². The Bertz CT molecular complexity index is 943. The van der Waals surface area contributed by atoms with Crippen LogP contribution in [0.1, 0.15) is 30.9 Å². The van der Waals surface area contributed by atoms with Crippen LogP contribution in [0.5, 0.6) is 0 Å². The lowest BCUT2D eigenvalue weighted by atomic mass is 10.1. The summed E-state index contributed by atoms with van der Waals surface area (Å²) < 4.78 is 2.00. The van der Waals surface area contributed by atoms with Crippen molar-refractivity contribution in [3.05, 3.63) is 53.6 Å². The van der Waals surface area contributed by atoms with Gasteiger partial charge in [0, 0.05) is 17.9 Å². The van der Waals surface area contributed by atoms with Gasteiger partial charge in [-0.1, -0.05) is 36.9 Å². The van der Waals surface area contributed by atoms with Crippen molar-refractivity contribution in [2.75, 3.05) is 5.32 Å². The van der Waals surface area contributed by atoms with Gasteiger partial charge in [-0.15, -0.1) is 11.3 Å². The molecule has 0 saturated carbocycles. The zero-order chi connectivity index (χ0) is 17.6. The third-order valence-electron chi connectivity index (χ3n) is 3.62. The van der Waals surface area contributed by atoms with Crippen molar-refractivity contribution in [1.82, 2.24) is 4.98 Å². The van der Waals surface area contributed by atoms with Crippen molar-refractivity contribution in [2.45, 2.75) is 29.9 Å². The lowest BCUT2D eigenvalue weighted by Gasteiger charge is -2.03. The largest absolute Gasteiger partial charge is 0.326 e. The van der Waals surface area contributed by atoms with Crippen LogP contribution in [-0.2, 0) is 10.5 Å². The summed E-state index contributed by atoms with van der Waals surface area (Å²) in [5.74, 6) is 0.748. The topological polar surface area (TPSA) is 65.8 Å². The Morgan fingerprint density at radius 1 is 1.32 bits per heavy atom. The van der Waals surface area contributed by atoms with Crippen molar-refractivity contribution in [1.29, 1.82) is 5.26 Å². The molecule has 3 aromatic rings. The van der Waals surface area contributed by atoms with Gasteiger partial charge in [0.1, 0.15) is 0 Å². The first kappa shape index (κ1) is 17.5. The van der Waals surface area contributed by atoms with E-state index in [0.29, 0.717) is 17.7 Å². The summed E-state index contributed by atoms with van der Waals surface area (Å²) in [6, 6.07) is 15.6. The van der Waals surface area contributed by atoms with Gasteiger partial charge in [0.05, 0.1) is 21.8 Å². The molecule has 0 aliphatic carbocycles. The molecule has 25 heavy (non-hydrogen) atoms. The zero-order valence-electron chi connectivity index (χ0n) is 13.8. The van der Waals surface area contributed by atoms with E-state index in [-0.39, 0.29) is 5.91 Å². The number of nitrogens with one attached hydrogen (secondary N) is 1. The number of anilines is 1. The van der Waals surface area contributed by atoms with Gasteiger partial charge in [0.25, 0.3) is 0 Å². The molecule has 1 N–H and O–H groups in total. The third-order valence-corrected chi connectivity index (χ3v) is 5.83. The maximum absolute atomic E-state index is 11.7. The predicted molar refractivity (Wildman–Crippen MR) is 104 cm³/mol. The van der Waals surface area contributed by atoms with E-state index in [4.69, 9.17) is 5.26 Å². The highest BCUT2D eigenvalue weighted by Gasteiger charge is 2.08. The molecule has 2 aromatic carbocycles. The SMILES string of the molecule is CCCC(=O)Nc1ccc2nc(SCc3ccccc3C#N)sc2c1. The van der Waals surface area contributed by atoms with E-state index in [1.807, 2.05) is 49.4 Å². The maximum Gasteiger partial charge on any atom is 0.224 e. The molecule has 0 aliphatic heterocycles. The van der Waals surface area contributed by atoms with Crippen molar-refractivity contribution in [3.63, 3.8) is 0 Å². The minimum atomic E-state index is 0.0362. The smallest absolute Gasteiger partial charge is 0.224 e. The number of nitrogens with zero attached hydrogens (tertiary/aromatic N) is 2. The molecule has 0 aliphatic rings. The number of thiazole rings is 1. The lowest BCUT2D eigenvalue weighted by molar-refractivity contribution is -0.116. The second kappa shape index (κ2) is 8.15. The predicted octanol–water partition coefficient (Wildman–Crippen LogP) is 5.20. The number of thioether (sulfide) groups is 1. The lowest BCUT2D eigenvalue weighted by Crippen LogP contribution is -2.10. The molecule has 0 saturated heterocycles. The molecule has 1 heterocycles. The van der Waals surface area contributed by atoms with Gasteiger partial charge in [-0.2, -0.15) is 5.26 Å². The first-order valence-electron chi connectivity index (χ1n) is 8.01. The number of carbonyl (C=O) groups is 1. The molecule has 0 radical (unpaired) electrons. The Balaban J connectivity index is 1.73. The van der Waals surface area contributed by atoms with Gasteiger partial charge in [0.15, 0.2) is 4.34 Å². The van der Waals surface area contributed by atoms with Crippen LogP contribution in [0, 0.1) is 11.3 Å². The maximum atomic E-state index is 11.7. The second-order valence-corrected chi connectivity index (χ2v) is 7.77. The van der Waals surface area contributed by atoms with Gasteiger partial charge in [-0.05, 0) is 36.2 Å². The van der Waals surface area contributed by atoms with Crippen LogP contribution in [0.4, 0.5) is 5.69 Å². The Hall–Kier alpha value is -2.36. The van der Waals surface area contributed by atoms with Crippen LogP contribution in [0.15, 0.2) is 46.8 Å². The number of amides is 1. The highest BCUT2D eigenvalue weighted by Crippen LogP contribution is 2.33. The zero-order valence-corrected chi connectivity index (χ0v) is 15.4. The third kappa shape index (κ3) is 4.38. The standard InChI is InChI=1S/C19H17N3OS2/c1-2-5-18(23)21-15-8-9-16-17(10-15)25-19(22-16)24-12-14-7-4-3-6-13(14)11-20/h3-4,6-10H,2,5,12H2,1H3,(H,21,23). The minimum absolute atomic E-state index is 0.0362. The average Bonchev–Trinajstić information content (AvgIpc) is 3.02. The molecule has 126 valence electrons. The number of hydrogen-bond acceptors (Lipinski definition) is 5. The summed E-state index contributed by atoms with van der Waals surface area (Å²) in [5.41, 5.74) is 3.45. The molecular weight excluding hydrogens is 350 g/mol. The van der Waals surface area contributed by atoms with Crippen LogP contribution in [0.25, 0.3) is 10.2 Å². The Kier molecular flexibility index (Phi) is 5.69. The normalized spacial score (nSPS) is 10.6. The molecule has 1 amide bonds. The van der Waals surface area contributed by atoms with E-state index in [2.05, 4.69) is 16.4 Å². The van der Waals surface area contributed by atoms with Gasteiger partial charge >= 0.3 is 0 Å². The van der Waals surface area contributed by atoms with Crippen molar-refractivity contribution in [2.24, 2.45) is 0 Å². The molecule has 0 bridgehead atoms. The van der Waals surface area contributed by atoms with E-state index in [0.717, 1.165) is 32.2 Å². The molecule has 3 rings (SSSR count). The molecular formula is C19H17N3OS2. The number of fused-ring (bicyclic) bond motifs is 1. The fraction of sp³-hybridized carbons (Fsp3) is 0.211. The fourth-order valence-electron chi connectivity index (χ4n) is 2.39.